The highest BCUT2D eigenvalue weighted by molar-refractivity contribution is 9.10. The molecular weight excluding hydrogens is 321 g/mol. The molecule has 2 aromatic rings. The number of halogens is 2. The van der Waals surface area contributed by atoms with Gasteiger partial charge in [-0.1, -0.05) is 25.1 Å². The van der Waals surface area contributed by atoms with Crippen molar-refractivity contribution < 1.29 is 9.13 Å². The van der Waals surface area contributed by atoms with Crippen LogP contribution in [-0.4, -0.2) is 7.11 Å². The smallest absolute Gasteiger partial charge is 0.139 e. The maximum Gasteiger partial charge on any atom is 0.139 e. The van der Waals surface area contributed by atoms with E-state index < -0.39 is 0 Å². The van der Waals surface area contributed by atoms with Crippen LogP contribution in [0.25, 0.3) is 0 Å². The van der Waals surface area contributed by atoms with Crippen molar-refractivity contribution in [3.8, 4) is 5.75 Å². The van der Waals surface area contributed by atoms with Gasteiger partial charge in [0, 0.05) is 11.3 Å². The van der Waals surface area contributed by atoms with Gasteiger partial charge in [0.2, 0.25) is 0 Å². The Morgan fingerprint density at radius 3 is 2.65 bits per heavy atom. The molecule has 4 heteroatoms. The summed E-state index contributed by atoms with van der Waals surface area (Å²) >= 11 is 3.16. The second-order valence-electron chi connectivity index (χ2n) is 4.48. The summed E-state index contributed by atoms with van der Waals surface area (Å²) in [5.74, 6) is 0.564. The first kappa shape index (κ1) is 14.9. The molecule has 0 radical (unpaired) electrons. The molecule has 20 heavy (non-hydrogen) atoms. The Bertz CT molecular complexity index is 588. The predicted molar refractivity (Wildman–Crippen MR) is 83.7 cm³/mol. The molecule has 0 aliphatic rings. The summed E-state index contributed by atoms with van der Waals surface area (Å²) in [7, 11) is 1.66. The lowest BCUT2D eigenvalue weighted by molar-refractivity contribution is 0.406. The van der Waals surface area contributed by atoms with Gasteiger partial charge < -0.3 is 10.1 Å². The fraction of sp³-hybridized carbons (Fsp3) is 0.250. The molecule has 0 aliphatic heterocycles. The number of hydrogen-bond acceptors (Lipinski definition) is 2. The van der Waals surface area contributed by atoms with E-state index in [1.165, 1.54) is 6.07 Å². The van der Waals surface area contributed by atoms with E-state index >= 15 is 0 Å². The number of anilines is 1. The van der Waals surface area contributed by atoms with Gasteiger partial charge in [0.15, 0.2) is 0 Å². The molecule has 2 aromatic carbocycles. The lowest BCUT2D eigenvalue weighted by atomic mass is 10.0. The maximum absolute atomic E-state index is 13.6. The zero-order valence-corrected chi connectivity index (χ0v) is 13.1. The Hall–Kier alpha value is -1.55. The van der Waals surface area contributed by atoms with E-state index in [2.05, 4.69) is 28.2 Å². The molecule has 0 aliphatic carbocycles. The van der Waals surface area contributed by atoms with Crippen LogP contribution in [0.2, 0.25) is 0 Å². The van der Waals surface area contributed by atoms with E-state index in [4.69, 9.17) is 4.74 Å². The number of rotatable bonds is 5. The normalized spacial score (nSPS) is 12.0. The van der Waals surface area contributed by atoms with Gasteiger partial charge in [-0.05, 0) is 46.6 Å². The van der Waals surface area contributed by atoms with Crippen molar-refractivity contribution in [3.05, 3.63) is 58.3 Å². The quantitative estimate of drug-likeness (QED) is 0.813. The summed E-state index contributed by atoms with van der Waals surface area (Å²) in [6.07, 6.45) is 0.873. The van der Waals surface area contributed by atoms with Gasteiger partial charge in [0.1, 0.15) is 11.6 Å². The Morgan fingerprint density at radius 1 is 1.25 bits per heavy atom. The average molecular weight is 338 g/mol. The lowest BCUT2D eigenvalue weighted by Gasteiger charge is -2.21. The van der Waals surface area contributed by atoms with Crippen LogP contribution in [0.3, 0.4) is 0 Å². The van der Waals surface area contributed by atoms with Gasteiger partial charge in [-0.3, -0.25) is 0 Å². The number of hydrogen-bond donors (Lipinski definition) is 1. The van der Waals surface area contributed by atoms with Gasteiger partial charge >= 0.3 is 0 Å². The van der Waals surface area contributed by atoms with Crippen LogP contribution in [0.15, 0.2) is 46.9 Å². The summed E-state index contributed by atoms with van der Waals surface area (Å²) in [5, 5.41) is 3.35. The number of nitrogens with one attached hydrogen (secondary N) is 1. The summed E-state index contributed by atoms with van der Waals surface area (Å²) in [6.45, 7) is 2.08. The molecule has 1 unspecified atom stereocenters. The molecule has 2 rings (SSSR count). The molecule has 0 spiro atoms. The fourth-order valence-corrected chi connectivity index (χ4v) is 2.39. The average Bonchev–Trinajstić information content (AvgIpc) is 2.48. The summed E-state index contributed by atoms with van der Waals surface area (Å²) in [5.41, 5.74) is 1.82. The van der Waals surface area contributed by atoms with Gasteiger partial charge in [-0.2, -0.15) is 0 Å². The van der Waals surface area contributed by atoms with Gasteiger partial charge in [-0.15, -0.1) is 0 Å². The van der Waals surface area contributed by atoms with Crippen LogP contribution < -0.4 is 10.1 Å². The molecule has 0 saturated heterocycles. The first-order valence-electron chi connectivity index (χ1n) is 6.50. The van der Waals surface area contributed by atoms with Crippen LogP contribution in [0, 0.1) is 5.82 Å². The monoisotopic (exact) mass is 337 g/mol. The van der Waals surface area contributed by atoms with Crippen LogP contribution >= 0.6 is 15.9 Å². The van der Waals surface area contributed by atoms with Crippen molar-refractivity contribution in [2.24, 2.45) is 0 Å². The molecule has 0 amide bonds. The van der Waals surface area contributed by atoms with E-state index in [1.54, 1.807) is 13.2 Å². The third-order valence-corrected chi connectivity index (χ3v) is 3.83. The second-order valence-corrected chi connectivity index (χ2v) is 5.33. The number of methoxy groups -OCH3 is 1. The molecule has 0 aromatic heterocycles. The van der Waals surface area contributed by atoms with E-state index in [-0.39, 0.29) is 11.9 Å². The first-order valence-corrected chi connectivity index (χ1v) is 7.29. The van der Waals surface area contributed by atoms with E-state index in [9.17, 15) is 4.39 Å². The minimum absolute atomic E-state index is 0.0757. The van der Waals surface area contributed by atoms with Crippen molar-refractivity contribution in [1.29, 1.82) is 0 Å². The molecule has 0 fully saturated rings. The van der Waals surface area contributed by atoms with E-state index in [1.807, 2.05) is 30.3 Å². The van der Waals surface area contributed by atoms with Crippen LogP contribution in [-0.2, 0) is 0 Å². The SMILES string of the molecule is CCC(Nc1ccc(Br)c(F)c1)c1ccccc1OC. The van der Waals surface area contributed by atoms with Crippen molar-refractivity contribution in [3.63, 3.8) is 0 Å². The van der Waals surface area contributed by atoms with Crippen LogP contribution in [0.4, 0.5) is 10.1 Å². The lowest BCUT2D eigenvalue weighted by Crippen LogP contribution is -2.11. The standard InChI is InChI=1S/C16H17BrFNO/c1-3-15(12-6-4-5-7-16(12)20-2)19-11-8-9-13(17)14(18)10-11/h4-10,15,19H,3H2,1-2H3. The Morgan fingerprint density at radius 2 is 2.00 bits per heavy atom. The van der Waals surface area contributed by atoms with Gasteiger partial charge in [0.05, 0.1) is 17.6 Å². The summed E-state index contributed by atoms with van der Waals surface area (Å²) in [6, 6.07) is 13.0. The minimum atomic E-state index is -0.273. The van der Waals surface area contributed by atoms with E-state index in [0.717, 1.165) is 23.4 Å². The third kappa shape index (κ3) is 3.31. The minimum Gasteiger partial charge on any atom is -0.496 e. The predicted octanol–water partition coefficient (Wildman–Crippen LogP) is 5.16. The van der Waals surface area contributed by atoms with Crippen molar-refractivity contribution >= 4 is 21.6 Å². The molecule has 0 heterocycles. The zero-order chi connectivity index (χ0) is 14.5. The van der Waals surface area contributed by atoms with E-state index in [0.29, 0.717) is 4.47 Å². The highest BCUT2D eigenvalue weighted by Gasteiger charge is 2.14. The van der Waals surface area contributed by atoms with Crippen LogP contribution in [0.1, 0.15) is 24.9 Å². The fourth-order valence-electron chi connectivity index (χ4n) is 2.14. The van der Waals surface area contributed by atoms with Crippen molar-refractivity contribution in [2.45, 2.75) is 19.4 Å². The largest absolute Gasteiger partial charge is 0.496 e. The molecule has 0 saturated carbocycles. The van der Waals surface area contributed by atoms with Gasteiger partial charge in [0.25, 0.3) is 0 Å². The maximum atomic E-state index is 13.6. The van der Waals surface area contributed by atoms with Crippen molar-refractivity contribution in [2.75, 3.05) is 12.4 Å². The summed E-state index contributed by atoms with van der Waals surface area (Å²) < 4.78 is 19.4. The highest BCUT2D eigenvalue weighted by atomic mass is 79.9. The van der Waals surface area contributed by atoms with Crippen LogP contribution in [0.5, 0.6) is 5.75 Å². The molecule has 1 N–H and O–H groups in total. The third-order valence-electron chi connectivity index (χ3n) is 3.18. The van der Waals surface area contributed by atoms with Gasteiger partial charge in [-0.25, -0.2) is 4.39 Å². The molecule has 106 valence electrons. The molecular formula is C16H17BrFNO. The van der Waals surface area contributed by atoms with Crippen molar-refractivity contribution in [1.82, 2.24) is 0 Å². The molecule has 1 atom stereocenters. The molecule has 2 nitrogen and oxygen atoms in total. The Kier molecular flexibility index (Phi) is 5.01. The summed E-state index contributed by atoms with van der Waals surface area (Å²) in [4.78, 5) is 0. The first-order chi connectivity index (χ1) is 9.65. The Labute approximate surface area is 127 Å². The number of benzene rings is 2. The number of ether oxygens (including phenoxy) is 1. The highest BCUT2D eigenvalue weighted by Crippen LogP contribution is 2.30. The zero-order valence-electron chi connectivity index (χ0n) is 11.5. The Balaban J connectivity index is 2.26. The topological polar surface area (TPSA) is 21.3 Å². The second kappa shape index (κ2) is 6.75. The number of para-hydroxylation sites is 1. The molecule has 0 bridgehead atoms.